The molecule has 0 atom stereocenters. The summed E-state index contributed by atoms with van der Waals surface area (Å²) in [6.07, 6.45) is 1.42. The number of sulfonamides is 1. The molecule has 1 saturated heterocycles. The van der Waals surface area contributed by atoms with Crippen LogP contribution in [0.1, 0.15) is 6.92 Å². The third-order valence-corrected chi connectivity index (χ3v) is 7.97. The van der Waals surface area contributed by atoms with Crippen molar-refractivity contribution in [3.05, 3.63) is 75.4 Å². The molecule has 0 saturated carbocycles. The minimum Gasteiger partial charge on any atom is -0.484 e. The summed E-state index contributed by atoms with van der Waals surface area (Å²) >= 11 is 6.06. The predicted molar refractivity (Wildman–Crippen MR) is 134 cm³/mol. The van der Waals surface area contributed by atoms with E-state index < -0.39 is 37.9 Å². The van der Waals surface area contributed by atoms with Gasteiger partial charge in [-0.2, -0.15) is 14.1 Å². The fourth-order valence-corrected chi connectivity index (χ4v) is 5.70. The molecule has 2 aromatic carbocycles. The molecule has 0 radical (unpaired) electrons. The van der Waals surface area contributed by atoms with Gasteiger partial charge in [0.05, 0.1) is 18.5 Å². The van der Waals surface area contributed by atoms with E-state index in [1.807, 2.05) is 6.92 Å². The second kappa shape index (κ2) is 11.7. The maximum Gasteiger partial charge on any atom is 0.316 e. The number of hydrogen-bond donors (Lipinski definition) is 0. The quantitative estimate of drug-likeness (QED) is 0.363. The number of rotatable bonds is 9. The molecule has 38 heavy (non-hydrogen) atoms. The van der Waals surface area contributed by atoms with Crippen LogP contribution in [0, 0.1) is 17.5 Å². The van der Waals surface area contributed by atoms with Crippen LogP contribution in [-0.2, 0) is 14.8 Å². The van der Waals surface area contributed by atoms with E-state index in [1.165, 1.54) is 6.20 Å². The molecule has 1 aliphatic rings. The fourth-order valence-electron chi connectivity index (χ4n) is 4.00. The molecule has 3 aromatic rings. The summed E-state index contributed by atoms with van der Waals surface area (Å²) in [5.41, 5.74) is 0.177. The highest BCUT2D eigenvalue weighted by Crippen LogP contribution is 2.29. The highest BCUT2D eigenvalue weighted by molar-refractivity contribution is 7.89. The molecule has 14 heteroatoms. The molecule has 1 aromatic heterocycles. The molecular weight excluding hydrogens is 549 g/mol. The summed E-state index contributed by atoms with van der Waals surface area (Å²) in [5, 5.41) is 4.65. The fraction of sp³-hybridized carbons (Fsp3) is 0.333. The molecule has 0 N–H and O–H groups in total. The predicted octanol–water partition coefficient (Wildman–Crippen LogP) is 3.23. The number of hydrogen-bond acceptors (Lipinski definition) is 7. The molecule has 1 fully saturated rings. The van der Waals surface area contributed by atoms with Gasteiger partial charge in [0.25, 0.3) is 0 Å². The third kappa shape index (κ3) is 5.80. The lowest BCUT2D eigenvalue weighted by Crippen LogP contribution is -2.49. The largest absolute Gasteiger partial charge is 0.484 e. The zero-order chi connectivity index (χ0) is 27.4. The minimum atomic E-state index is -4.58. The van der Waals surface area contributed by atoms with E-state index in [0.717, 1.165) is 8.99 Å². The van der Waals surface area contributed by atoms with Gasteiger partial charge in [-0.05, 0) is 25.1 Å². The second-order valence-electron chi connectivity index (χ2n) is 8.19. The van der Waals surface area contributed by atoms with Gasteiger partial charge in [-0.25, -0.2) is 21.6 Å². The van der Waals surface area contributed by atoms with Crippen LogP contribution in [0.2, 0.25) is 5.02 Å². The molecule has 2 heterocycles. The highest BCUT2D eigenvalue weighted by atomic mass is 35.5. The van der Waals surface area contributed by atoms with Crippen molar-refractivity contribution in [2.24, 2.45) is 0 Å². The van der Waals surface area contributed by atoms with E-state index in [4.69, 9.17) is 21.1 Å². The zero-order valence-corrected chi connectivity index (χ0v) is 21.8. The SMILES string of the molecule is CCOCCOc1c(N2CCN(S(=O)(=O)c3c(F)cc(F)cc3F)CC2)cnn(-c2cccc(Cl)c2)c1=O. The first-order valence-electron chi connectivity index (χ1n) is 11.6. The first-order chi connectivity index (χ1) is 18.1. The number of piperazine rings is 1. The van der Waals surface area contributed by atoms with E-state index in [1.54, 1.807) is 29.2 Å². The molecule has 0 unspecified atom stereocenters. The lowest BCUT2D eigenvalue weighted by molar-refractivity contribution is 0.109. The van der Waals surface area contributed by atoms with Crippen LogP contribution in [0.25, 0.3) is 5.69 Å². The topological polar surface area (TPSA) is 94.0 Å². The Morgan fingerprint density at radius 3 is 2.34 bits per heavy atom. The van der Waals surface area contributed by atoms with Crippen LogP contribution in [0.3, 0.4) is 0 Å². The molecule has 4 rings (SSSR count). The molecule has 204 valence electrons. The smallest absolute Gasteiger partial charge is 0.316 e. The summed E-state index contributed by atoms with van der Waals surface area (Å²) < 4.78 is 80.6. The van der Waals surface area contributed by atoms with E-state index >= 15 is 0 Å². The summed E-state index contributed by atoms with van der Waals surface area (Å²) in [5.74, 6) is -4.26. The van der Waals surface area contributed by atoms with Crippen LogP contribution in [0.5, 0.6) is 5.75 Å². The van der Waals surface area contributed by atoms with E-state index in [2.05, 4.69) is 5.10 Å². The Morgan fingerprint density at radius 2 is 1.71 bits per heavy atom. The van der Waals surface area contributed by atoms with Gasteiger partial charge in [0.2, 0.25) is 15.8 Å². The van der Waals surface area contributed by atoms with Crippen LogP contribution < -0.4 is 15.2 Å². The van der Waals surface area contributed by atoms with Crippen LogP contribution in [-0.4, -0.2) is 68.5 Å². The van der Waals surface area contributed by atoms with E-state index in [-0.39, 0.29) is 45.1 Å². The zero-order valence-electron chi connectivity index (χ0n) is 20.2. The molecule has 0 spiro atoms. The highest BCUT2D eigenvalue weighted by Gasteiger charge is 2.34. The number of halogens is 4. The second-order valence-corrected chi connectivity index (χ2v) is 10.5. The molecule has 1 aliphatic heterocycles. The van der Waals surface area contributed by atoms with Gasteiger partial charge in [0, 0.05) is 49.9 Å². The first-order valence-corrected chi connectivity index (χ1v) is 13.4. The van der Waals surface area contributed by atoms with Crippen LogP contribution in [0.4, 0.5) is 18.9 Å². The minimum absolute atomic E-state index is 0.0217. The van der Waals surface area contributed by atoms with Crippen molar-refractivity contribution in [3.63, 3.8) is 0 Å². The number of anilines is 1. The van der Waals surface area contributed by atoms with Gasteiger partial charge < -0.3 is 14.4 Å². The Labute approximate surface area is 222 Å². The summed E-state index contributed by atoms with van der Waals surface area (Å²) in [7, 11) is -4.58. The number of aromatic nitrogens is 2. The number of nitrogens with zero attached hydrogens (tertiary/aromatic N) is 4. The van der Waals surface area contributed by atoms with E-state index in [9.17, 15) is 26.4 Å². The Bertz CT molecular complexity index is 1460. The van der Waals surface area contributed by atoms with Crippen molar-refractivity contribution >= 4 is 27.3 Å². The maximum absolute atomic E-state index is 14.2. The standard InChI is InChI=1S/C24H24ClF3N4O5S/c1-2-36-10-11-37-22-21(15-29-32(24(22)33)18-5-3-4-16(25)12-18)30-6-8-31(9-7-30)38(34,35)23-19(27)13-17(26)14-20(23)28/h3-5,12-15H,2,6-11H2,1H3. The Kier molecular flexibility index (Phi) is 8.61. The molecule has 0 aliphatic carbocycles. The van der Waals surface area contributed by atoms with Crippen LogP contribution in [0.15, 0.2) is 52.3 Å². The van der Waals surface area contributed by atoms with Gasteiger partial charge in [-0.3, -0.25) is 4.79 Å². The normalized spacial score (nSPS) is 14.6. The monoisotopic (exact) mass is 572 g/mol. The van der Waals surface area contributed by atoms with Crippen molar-refractivity contribution in [1.29, 1.82) is 0 Å². The Hall–Kier alpha value is -3.13. The summed E-state index contributed by atoms with van der Waals surface area (Å²) in [6, 6.07) is 7.18. The molecule has 0 amide bonds. The van der Waals surface area contributed by atoms with Gasteiger partial charge in [0.1, 0.15) is 29.7 Å². The first kappa shape index (κ1) is 27.9. The average Bonchev–Trinajstić information content (AvgIpc) is 2.86. The number of ether oxygens (including phenoxy) is 2. The van der Waals surface area contributed by atoms with Crippen LogP contribution >= 0.6 is 11.6 Å². The Morgan fingerprint density at radius 1 is 1.03 bits per heavy atom. The lowest BCUT2D eigenvalue weighted by Gasteiger charge is -2.35. The molecular formula is C24H24ClF3N4O5S. The van der Waals surface area contributed by atoms with Gasteiger partial charge in [-0.1, -0.05) is 17.7 Å². The van der Waals surface area contributed by atoms with Gasteiger partial charge >= 0.3 is 5.56 Å². The molecule has 0 bridgehead atoms. The third-order valence-electron chi connectivity index (χ3n) is 5.79. The van der Waals surface area contributed by atoms with Gasteiger partial charge in [-0.15, -0.1) is 0 Å². The lowest BCUT2D eigenvalue weighted by atomic mass is 10.3. The number of benzene rings is 2. The summed E-state index contributed by atoms with van der Waals surface area (Å²) in [6.45, 7) is 2.40. The van der Waals surface area contributed by atoms with Crippen molar-refractivity contribution < 1.29 is 31.1 Å². The van der Waals surface area contributed by atoms with Crippen molar-refractivity contribution in [2.45, 2.75) is 11.8 Å². The Balaban J connectivity index is 1.60. The van der Waals surface area contributed by atoms with Crippen molar-refractivity contribution in [1.82, 2.24) is 14.1 Å². The maximum atomic E-state index is 14.2. The average molecular weight is 573 g/mol. The van der Waals surface area contributed by atoms with E-state index in [0.29, 0.717) is 35.1 Å². The molecule has 9 nitrogen and oxygen atoms in total. The van der Waals surface area contributed by atoms with Gasteiger partial charge in [0.15, 0.2) is 4.90 Å². The van der Waals surface area contributed by atoms with Crippen molar-refractivity contribution in [2.75, 3.05) is 50.9 Å². The summed E-state index contributed by atoms with van der Waals surface area (Å²) in [4.78, 5) is 13.8. The van der Waals surface area contributed by atoms with Crippen molar-refractivity contribution in [3.8, 4) is 11.4 Å².